The third kappa shape index (κ3) is 4.58. The fourth-order valence-corrected chi connectivity index (χ4v) is 4.46. The summed E-state index contributed by atoms with van der Waals surface area (Å²) in [6.07, 6.45) is 5.97. The second-order valence-corrected chi connectivity index (χ2v) is 8.28. The lowest BCUT2D eigenvalue weighted by Crippen LogP contribution is -2.50. The average Bonchev–Trinajstić information content (AvgIpc) is 2.66. The quantitative estimate of drug-likeness (QED) is 0.735. The van der Waals surface area contributed by atoms with Crippen molar-refractivity contribution >= 4 is 11.8 Å². The fourth-order valence-electron chi connectivity index (χ4n) is 4.46. The molecule has 1 aromatic rings. The van der Waals surface area contributed by atoms with Crippen molar-refractivity contribution in [2.24, 2.45) is 11.8 Å². The molecule has 2 amide bonds. The van der Waals surface area contributed by atoms with E-state index in [0.29, 0.717) is 11.8 Å². The molecule has 1 aliphatic heterocycles. The SMILES string of the molecule is CC#CC(=O)N1CCC(C(Cc2ccccc2C)N(C)C(=O)C2CCC2)CC1. The maximum atomic E-state index is 13.0. The van der Waals surface area contributed by atoms with Gasteiger partial charge in [0.05, 0.1) is 0 Å². The van der Waals surface area contributed by atoms with E-state index in [1.54, 1.807) is 6.92 Å². The summed E-state index contributed by atoms with van der Waals surface area (Å²) in [6.45, 7) is 5.30. The lowest BCUT2D eigenvalue weighted by Gasteiger charge is -2.42. The van der Waals surface area contributed by atoms with E-state index >= 15 is 0 Å². The number of piperidine rings is 1. The Morgan fingerprint density at radius 1 is 1.18 bits per heavy atom. The van der Waals surface area contributed by atoms with Crippen LogP contribution < -0.4 is 0 Å². The van der Waals surface area contributed by atoms with E-state index in [4.69, 9.17) is 0 Å². The van der Waals surface area contributed by atoms with Gasteiger partial charge in [0.15, 0.2) is 0 Å². The standard InChI is InChI=1S/C24H32N2O2/c1-4-8-23(27)26-15-13-19(14-16-26)22(17-21-10-6-5-9-18(21)2)25(3)24(28)20-11-7-12-20/h5-6,9-10,19-20,22H,7,11-17H2,1-3H3. The second-order valence-electron chi connectivity index (χ2n) is 8.28. The van der Waals surface area contributed by atoms with Gasteiger partial charge in [0.1, 0.15) is 0 Å². The highest BCUT2D eigenvalue weighted by atomic mass is 16.2. The van der Waals surface area contributed by atoms with E-state index in [0.717, 1.165) is 45.2 Å². The van der Waals surface area contributed by atoms with Crippen LogP contribution in [0.1, 0.15) is 50.2 Å². The minimum atomic E-state index is -0.0738. The van der Waals surface area contributed by atoms with Crippen molar-refractivity contribution in [2.75, 3.05) is 20.1 Å². The molecule has 2 fully saturated rings. The van der Waals surface area contributed by atoms with E-state index in [1.165, 1.54) is 17.5 Å². The molecule has 1 heterocycles. The van der Waals surface area contributed by atoms with Crippen molar-refractivity contribution in [3.05, 3.63) is 35.4 Å². The molecule has 1 unspecified atom stereocenters. The summed E-state index contributed by atoms with van der Waals surface area (Å²) < 4.78 is 0. The van der Waals surface area contributed by atoms with Crippen LogP contribution in [0.5, 0.6) is 0 Å². The van der Waals surface area contributed by atoms with Gasteiger partial charge < -0.3 is 9.80 Å². The van der Waals surface area contributed by atoms with Crippen LogP contribution in [-0.2, 0) is 16.0 Å². The Morgan fingerprint density at radius 3 is 2.43 bits per heavy atom. The van der Waals surface area contributed by atoms with Gasteiger partial charge in [-0.2, -0.15) is 0 Å². The first-order chi connectivity index (χ1) is 13.5. The predicted octanol–water partition coefficient (Wildman–Crippen LogP) is 3.43. The van der Waals surface area contributed by atoms with Crippen LogP contribution in [0.4, 0.5) is 0 Å². The third-order valence-electron chi connectivity index (χ3n) is 6.59. The summed E-state index contributed by atoms with van der Waals surface area (Å²) >= 11 is 0. The number of amides is 2. The van der Waals surface area contributed by atoms with Crippen LogP contribution in [0.15, 0.2) is 24.3 Å². The Labute approximate surface area is 169 Å². The number of likely N-dealkylation sites (N-methyl/N-ethyl adjacent to an activating group) is 1. The summed E-state index contributed by atoms with van der Waals surface area (Å²) in [5.41, 5.74) is 2.60. The van der Waals surface area contributed by atoms with Gasteiger partial charge in [0.2, 0.25) is 5.91 Å². The monoisotopic (exact) mass is 380 g/mol. The maximum absolute atomic E-state index is 13.0. The van der Waals surface area contributed by atoms with Gasteiger partial charge in [-0.15, -0.1) is 0 Å². The first-order valence-electron chi connectivity index (χ1n) is 10.5. The van der Waals surface area contributed by atoms with Crippen molar-refractivity contribution in [1.82, 2.24) is 9.80 Å². The molecule has 1 aliphatic carbocycles. The van der Waals surface area contributed by atoms with Crippen LogP contribution in [0.3, 0.4) is 0 Å². The number of nitrogens with zero attached hydrogens (tertiary/aromatic N) is 2. The van der Waals surface area contributed by atoms with Gasteiger partial charge in [-0.05, 0) is 68.9 Å². The number of hydrogen-bond donors (Lipinski definition) is 0. The van der Waals surface area contributed by atoms with E-state index in [2.05, 4.69) is 43.0 Å². The Morgan fingerprint density at radius 2 is 1.86 bits per heavy atom. The topological polar surface area (TPSA) is 40.6 Å². The third-order valence-corrected chi connectivity index (χ3v) is 6.59. The summed E-state index contributed by atoms with van der Waals surface area (Å²) in [5.74, 6) is 6.21. The van der Waals surface area contributed by atoms with Crippen LogP contribution in [0.2, 0.25) is 0 Å². The van der Waals surface area contributed by atoms with Crippen LogP contribution in [-0.4, -0.2) is 47.8 Å². The maximum Gasteiger partial charge on any atom is 0.298 e. The molecule has 150 valence electrons. The fraction of sp³-hybridized carbons (Fsp3) is 0.583. The normalized spacial score (nSPS) is 18.6. The molecule has 1 saturated heterocycles. The number of rotatable bonds is 5. The minimum absolute atomic E-state index is 0.0738. The first kappa shape index (κ1) is 20.5. The molecule has 3 rings (SSSR count). The number of aryl methyl sites for hydroxylation is 1. The highest BCUT2D eigenvalue weighted by Crippen LogP contribution is 2.32. The molecule has 0 N–H and O–H groups in total. The highest BCUT2D eigenvalue weighted by Gasteiger charge is 2.36. The van der Waals surface area contributed by atoms with E-state index in [-0.39, 0.29) is 17.9 Å². The number of hydrogen-bond acceptors (Lipinski definition) is 2. The molecule has 0 radical (unpaired) electrons. The van der Waals surface area contributed by atoms with Gasteiger partial charge >= 0.3 is 0 Å². The largest absolute Gasteiger partial charge is 0.342 e. The zero-order valence-electron chi connectivity index (χ0n) is 17.4. The predicted molar refractivity (Wildman–Crippen MR) is 112 cm³/mol. The van der Waals surface area contributed by atoms with Crippen LogP contribution in [0, 0.1) is 30.6 Å². The molecule has 1 atom stereocenters. The molecule has 0 aromatic heterocycles. The van der Waals surface area contributed by atoms with Crippen LogP contribution in [0.25, 0.3) is 0 Å². The Bertz CT molecular complexity index is 764. The summed E-state index contributed by atoms with van der Waals surface area (Å²) in [4.78, 5) is 28.9. The van der Waals surface area contributed by atoms with Gasteiger partial charge in [0.25, 0.3) is 5.91 Å². The smallest absolute Gasteiger partial charge is 0.298 e. The van der Waals surface area contributed by atoms with Crippen LogP contribution >= 0.6 is 0 Å². The summed E-state index contributed by atoms with van der Waals surface area (Å²) in [7, 11) is 1.99. The van der Waals surface area contributed by atoms with Crippen molar-refractivity contribution in [2.45, 2.75) is 58.4 Å². The minimum Gasteiger partial charge on any atom is -0.342 e. The Hall–Kier alpha value is -2.28. The Balaban J connectivity index is 1.74. The van der Waals surface area contributed by atoms with E-state index < -0.39 is 0 Å². The molecular formula is C24H32N2O2. The van der Waals surface area contributed by atoms with Gasteiger partial charge in [-0.1, -0.05) is 36.6 Å². The molecule has 1 aromatic carbocycles. The van der Waals surface area contributed by atoms with Gasteiger partial charge in [-0.25, -0.2) is 0 Å². The zero-order valence-corrected chi connectivity index (χ0v) is 17.4. The molecule has 4 heteroatoms. The van der Waals surface area contributed by atoms with Crippen molar-refractivity contribution < 1.29 is 9.59 Å². The average molecular weight is 381 g/mol. The molecule has 2 aliphatic rings. The first-order valence-corrected chi connectivity index (χ1v) is 10.5. The van der Waals surface area contributed by atoms with Gasteiger partial charge in [-0.3, -0.25) is 9.59 Å². The molecular weight excluding hydrogens is 348 g/mol. The number of likely N-dealkylation sites (tertiary alicyclic amines) is 1. The zero-order chi connectivity index (χ0) is 20.1. The van der Waals surface area contributed by atoms with Crippen molar-refractivity contribution in [3.63, 3.8) is 0 Å². The van der Waals surface area contributed by atoms with Crippen molar-refractivity contribution in [1.29, 1.82) is 0 Å². The molecule has 28 heavy (non-hydrogen) atoms. The number of benzene rings is 1. The highest BCUT2D eigenvalue weighted by molar-refractivity contribution is 5.93. The lowest BCUT2D eigenvalue weighted by atomic mass is 9.81. The molecule has 0 bridgehead atoms. The molecule has 0 spiro atoms. The molecule has 1 saturated carbocycles. The Kier molecular flexibility index (Phi) is 6.78. The lowest BCUT2D eigenvalue weighted by molar-refractivity contribution is -0.141. The number of carbonyl (C=O) groups is 2. The van der Waals surface area contributed by atoms with E-state index in [1.807, 2.05) is 16.8 Å². The number of carbonyl (C=O) groups excluding carboxylic acids is 2. The molecule has 4 nitrogen and oxygen atoms in total. The summed E-state index contributed by atoms with van der Waals surface area (Å²) in [5, 5.41) is 0. The van der Waals surface area contributed by atoms with Crippen molar-refractivity contribution in [3.8, 4) is 11.8 Å². The second kappa shape index (κ2) is 9.28. The summed E-state index contributed by atoms with van der Waals surface area (Å²) in [6, 6.07) is 8.65. The van der Waals surface area contributed by atoms with Gasteiger partial charge in [0, 0.05) is 32.1 Å². The van der Waals surface area contributed by atoms with E-state index in [9.17, 15) is 9.59 Å².